The zero-order valence-electron chi connectivity index (χ0n) is 20.3. The number of hydrogen-bond acceptors (Lipinski definition) is 2. The van der Waals surface area contributed by atoms with Gasteiger partial charge in [0.1, 0.15) is 0 Å². The Morgan fingerprint density at radius 2 is 2.03 bits per heavy atom. The molecule has 0 radical (unpaired) electrons. The lowest BCUT2D eigenvalue weighted by molar-refractivity contribution is 0.284. The Labute approximate surface area is 204 Å². The van der Waals surface area contributed by atoms with Crippen molar-refractivity contribution in [3.05, 3.63) is 106 Å². The second kappa shape index (κ2) is 8.34. The second-order valence-corrected chi connectivity index (χ2v) is 10.6. The third kappa shape index (κ3) is 3.30. The Morgan fingerprint density at radius 3 is 2.85 bits per heavy atom. The third-order valence-electron chi connectivity index (χ3n) is 8.75. The largest absolute Gasteiger partial charge is 0.501 e. The molecule has 1 saturated carbocycles. The van der Waals surface area contributed by atoms with Gasteiger partial charge in [0.25, 0.3) is 0 Å². The van der Waals surface area contributed by atoms with E-state index in [9.17, 15) is 0 Å². The molecular weight excluding hydrogens is 414 g/mol. The van der Waals surface area contributed by atoms with Gasteiger partial charge in [-0.2, -0.15) is 0 Å². The molecule has 0 amide bonds. The van der Waals surface area contributed by atoms with E-state index < -0.39 is 0 Å². The summed E-state index contributed by atoms with van der Waals surface area (Å²) in [7, 11) is 1.71. The molecular formula is C32H35NO. The highest BCUT2D eigenvalue weighted by Gasteiger charge is 2.42. The van der Waals surface area contributed by atoms with Gasteiger partial charge in [0.15, 0.2) is 0 Å². The fraction of sp³-hybridized carbons (Fsp3) is 0.375. The van der Waals surface area contributed by atoms with Crippen LogP contribution in [0.1, 0.15) is 74.0 Å². The molecule has 0 aliphatic heterocycles. The van der Waals surface area contributed by atoms with Gasteiger partial charge >= 0.3 is 0 Å². The molecule has 174 valence electrons. The SMILES string of the molecule is C=C(CC1=C(/C(N)=C2/C=CCCC2=C)C=C2c3cccc4c3C(=CC3CCCCC43)C2C1)OC. The first kappa shape index (κ1) is 21.5. The average Bonchev–Trinajstić information content (AvgIpc) is 3.17. The minimum atomic E-state index is 0.408. The summed E-state index contributed by atoms with van der Waals surface area (Å²) >= 11 is 0. The maximum Gasteiger partial charge on any atom is 0.0924 e. The lowest BCUT2D eigenvalue weighted by Gasteiger charge is -2.36. The van der Waals surface area contributed by atoms with E-state index in [2.05, 4.69) is 55.7 Å². The fourth-order valence-electron chi connectivity index (χ4n) is 7.04. The van der Waals surface area contributed by atoms with Gasteiger partial charge in [-0.3, -0.25) is 0 Å². The van der Waals surface area contributed by atoms with Crippen molar-refractivity contribution >= 4 is 11.1 Å². The number of allylic oxidation sites excluding steroid dienone is 9. The molecule has 2 heteroatoms. The van der Waals surface area contributed by atoms with Crippen LogP contribution in [-0.4, -0.2) is 7.11 Å². The molecule has 0 aromatic heterocycles. The maximum absolute atomic E-state index is 6.91. The molecule has 1 aromatic rings. The average molecular weight is 450 g/mol. The summed E-state index contributed by atoms with van der Waals surface area (Å²) in [4.78, 5) is 0. The first-order valence-corrected chi connectivity index (χ1v) is 12.9. The van der Waals surface area contributed by atoms with Crippen LogP contribution >= 0.6 is 0 Å². The number of ether oxygens (including phenoxy) is 1. The summed E-state index contributed by atoms with van der Waals surface area (Å²) in [6.07, 6.45) is 18.5. The van der Waals surface area contributed by atoms with Crippen LogP contribution in [0.2, 0.25) is 0 Å². The van der Waals surface area contributed by atoms with E-state index in [4.69, 9.17) is 10.5 Å². The first-order valence-electron chi connectivity index (χ1n) is 12.9. The topological polar surface area (TPSA) is 35.2 Å². The molecule has 5 aliphatic carbocycles. The summed E-state index contributed by atoms with van der Waals surface area (Å²) in [6, 6.07) is 7.02. The smallest absolute Gasteiger partial charge is 0.0924 e. The van der Waals surface area contributed by atoms with Crippen molar-refractivity contribution < 1.29 is 4.74 Å². The van der Waals surface area contributed by atoms with Crippen LogP contribution in [0.25, 0.3) is 11.1 Å². The minimum Gasteiger partial charge on any atom is -0.501 e. The van der Waals surface area contributed by atoms with Gasteiger partial charge in [-0.25, -0.2) is 0 Å². The van der Waals surface area contributed by atoms with Crippen molar-refractivity contribution in [2.45, 2.75) is 57.3 Å². The molecule has 6 rings (SSSR count). The fourth-order valence-corrected chi connectivity index (χ4v) is 7.04. The van der Waals surface area contributed by atoms with Crippen molar-refractivity contribution in [2.75, 3.05) is 7.11 Å². The highest BCUT2D eigenvalue weighted by Crippen LogP contribution is 2.58. The monoisotopic (exact) mass is 449 g/mol. The van der Waals surface area contributed by atoms with Crippen molar-refractivity contribution in [3.63, 3.8) is 0 Å². The minimum absolute atomic E-state index is 0.408. The Bertz CT molecular complexity index is 1250. The molecule has 1 fully saturated rings. The zero-order chi connectivity index (χ0) is 23.4. The van der Waals surface area contributed by atoms with Crippen LogP contribution in [0.4, 0.5) is 0 Å². The van der Waals surface area contributed by atoms with Crippen molar-refractivity contribution in [2.24, 2.45) is 17.6 Å². The Morgan fingerprint density at radius 1 is 1.18 bits per heavy atom. The molecule has 0 bridgehead atoms. The number of benzene rings is 1. The van der Waals surface area contributed by atoms with Gasteiger partial charge in [0, 0.05) is 23.6 Å². The van der Waals surface area contributed by atoms with Gasteiger partial charge in [0.2, 0.25) is 0 Å². The van der Waals surface area contributed by atoms with Crippen molar-refractivity contribution in [1.29, 1.82) is 0 Å². The molecule has 3 unspecified atom stereocenters. The van der Waals surface area contributed by atoms with E-state index in [1.54, 1.807) is 18.2 Å². The van der Waals surface area contributed by atoms with Crippen LogP contribution in [0.3, 0.4) is 0 Å². The number of fused-ring (bicyclic) bond motifs is 5. The molecule has 2 nitrogen and oxygen atoms in total. The highest BCUT2D eigenvalue weighted by atomic mass is 16.5. The summed E-state index contributed by atoms with van der Waals surface area (Å²) < 4.78 is 5.52. The Hall–Kier alpha value is -3.00. The van der Waals surface area contributed by atoms with Gasteiger partial charge in [-0.05, 0) is 89.0 Å². The molecule has 1 aromatic carbocycles. The number of nitrogens with two attached hydrogens (primary N) is 1. The predicted octanol–water partition coefficient (Wildman–Crippen LogP) is 7.74. The predicted molar refractivity (Wildman–Crippen MR) is 142 cm³/mol. The molecule has 34 heavy (non-hydrogen) atoms. The second-order valence-electron chi connectivity index (χ2n) is 10.6. The molecule has 0 spiro atoms. The lowest BCUT2D eigenvalue weighted by Crippen LogP contribution is -2.21. The van der Waals surface area contributed by atoms with Crippen LogP contribution in [0, 0.1) is 11.8 Å². The van der Waals surface area contributed by atoms with E-state index in [0.29, 0.717) is 17.8 Å². The molecule has 2 N–H and O–H groups in total. The van der Waals surface area contributed by atoms with Crippen LogP contribution < -0.4 is 5.73 Å². The van der Waals surface area contributed by atoms with E-state index in [1.165, 1.54) is 48.0 Å². The summed E-state index contributed by atoms with van der Waals surface area (Å²) in [5.41, 5.74) is 20.0. The Kier molecular flexibility index (Phi) is 5.28. The standard InChI is InChI=1S/C32H35NO/c1-19-9-4-6-11-23(19)32(33)27-18-29-26-14-8-13-25-24-12-7-5-10-21(24)16-30(31(25)26)28(29)17-22(27)15-20(2)34-3/h6,8,11,13-14,16,18,21,24,28H,1-2,4-5,7,9-10,12,15,17,33H2,3H3/b32-23+. The van der Waals surface area contributed by atoms with E-state index >= 15 is 0 Å². The highest BCUT2D eigenvalue weighted by molar-refractivity contribution is 5.99. The van der Waals surface area contributed by atoms with Crippen LogP contribution in [-0.2, 0) is 4.74 Å². The summed E-state index contributed by atoms with van der Waals surface area (Å²) in [5.74, 6) is 2.58. The first-order chi connectivity index (χ1) is 16.6. The number of methoxy groups -OCH3 is 1. The summed E-state index contributed by atoms with van der Waals surface area (Å²) in [5, 5.41) is 0. The summed E-state index contributed by atoms with van der Waals surface area (Å²) in [6.45, 7) is 8.47. The lowest BCUT2D eigenvalue weighted by atomic mass is 9.68. The third-order valence-corrected chi connectivity index (χ3v) is 8.75. The van der Waals surface area contributed by atoms with E-state index in [-0.39, 0.29) is 0 Å². The Balaban J connectivity index is 1.52. The van der Waals surface area contributed by atoms with Crippen molar-refractivity contribution in [3.8, 4) is 0 Å². The molecule has 0 saturated heterocycles. The molecule has 0 heterocycles. The quantitative estimate of drug-likeness (QED) is 0.477. The van der Waals surface area contributed by atoms with Crippen molar-refractivity contribution in [1.82, 2.24) is 0 Å². The van der Waals surface area contributed by atoms with Gasteiger partial charge in [-0.15, -0.1) is 0 Å². The zero-order valence-corrected chi connectivity index (χ0v) is 20.3. The van der Waals surface area contributed by atoms with Gasteiger partial charge in [-0.1, -0.05) is 68.0 Å². The van der Waals surface area contributed by atoms with Crippen LogP contribution in [0.15, 0.2) is 89.4 Å². The van der Waals surface area contributed by atoms with Crippen LogP contribution in [0.5, 0.6) is 0 Å². The molecule has 5 aliphatic rings. The van der Waals surface area contributed by atoms with E-state index in [1.807, 2.05) is 0 Å². The van der Waals surface area contributed by atoms with Gasteiger partial charge < -0.3 is 10.5 Å². The van der Waals surface area contributed by atoms with Gasteiger partial charge in [0.05, 0.1) is 12.9 Å². The molecule has 3 atom stereocenters. The van der Waals surface area contributed by atoms with E-state index in [0.717, 1.165) is 53.9 Å². The normalized spacial score (nSPS) is 28.5. The number of hydrogen-bond donors (Lipinski definition) is 1. The maximum atomic E-state index is 6.91. The number of rotatable bonds is 4.